The topological polar surface area (TPSA) is 138 Å². The van der Waals surface area contributed by atoms with Crippen LogP contribution in [0.3, 0.4) is 0 Å². The Morgan fingerprint density at radius 3 is 1.67 bits per heavy atom. The third-order valence-corrected chi connectivity index (χ3v) is 6.66. The molecule has 2 unspecified atom stereocenters. The minimum Gasteiger partial charge on any atom is -0.504 e. The van der Waals surface area contributed by atoms with Crippen molar-refractivity contribution in [1.82, 2.24) is 0 Å². The molecule has 2 atom stereocenters. The van der Waals surface area contributed by atoms with E-state index in [0.29, 0.717) is 30.0 Å². The third-order valence-electron chi connectivity index (χ3n) is 6.66. The average Bonchev–Trinajstić information content (AvgIpc) is 3.58. The molecule has 2 aromatic heterocycles. The highest BCUT2D eigenvalue weighted by Gasteiger charge is 2.29. The number of phenols is 2. The van der Waals surface area contributed by atoms with Gasteiger partial charge in [0, 0.05) is 0 Å². The van der Waals surface area contributed by atoms with Crippen LogP contribution in [-0.4, -0.2) is 48.2 Å². The molecule has 2 aromatic carbocycles. The molecule has 0 aliphatic carbocycles. The van der Waals surface area contributed by atoms with E-state index >= 15 is 0 Å². The van der Waals surface area contributed by atoms with Crippen molar-refractivity contribution in [2.24, 2.45) is 0 Å². The molecule has 2 N–H and O–H groups in total. The highest BCUT2D eigenvalue weighted by atomic mass is 16.5. The zero-order valence-electron chi connectivity index (χ0n) is 22.7. The van der Waals surface area contributed by atoms with Crippen molar-refractivity contribution in [1.29, 1.82) is 0 Å². The zero-order valence-corrected chi connectivity index (χ0v) is 22.7. The molecule has 0 aliphatic heterocycles. The molecule has 0 radical (unpaired) electrons. The first-order valence-corrected chi connectivity index (χ1v) is 12.6. The summed E-state index contributed by atoms with van der Waals surface area (Å²) in [4.78, 5) is 24.6. The van der Waals surface area contributed by atoms with Crippen molar-refractivity contribution < 1.29 is 47.6 Å². The molecule has 4 aromatic rings. The van der Waals surface area contributed by atoms with E-state index in [-0.39, 0.29) is 74.5 Å². The zero-order chi connectivity index (χ0) is 28.4. The highest BCUT2D eigenvalue weighted by Crippen LogP contribution is 2.48. The molecular formula is C29H32O10. The fraction of sp³-hybridized carbons (Fsp3) is 0.379. The number of methoxy groups -OCH3 is 2. The smallest absolute Gasteiger partial charge is 0.205 e. The van der Waals surface area contributed by atoms with Gasteiger partial charge in [0.25, 0.3) is 0 Å². The van der Waals surface area contributed by atoms with Crippen LogP contribution in [-0.2, 0) is 0 Å². The van der Waals surface area contributed by atoms with Gasteiger partial charge in [-0.25, -0.2) is 0 Å². The molecule has 0 spiro atoms. The number of aromatic hydroxyl groups is 2. The predicted molar refractivity (Wildman–Crippen MR) is 143 cm³/mol. The number of ether oxygens (including phenoxy) is 4. The van der Waals surface area contributed by atoms with Crippen molar-refractivity contribution in [2.75, 3.05) is 14.2 Å². The van der Waals surface area contributed by atoms with Gasteiger partial charge < -0.3 is 38.0 Å². The summed E-state index contributed by atoms with van der Waals surface area (Å²) in [6.45, 7) is 6.43. The van der Waals surface area contributed by atoms with E-state index in [9.17, 15) is 19.8 Å². The number of rotatable bonds is 12. The Morgan fingerprint density at radius 1 is 0.795 bits per heavy atom. The first-order chi connectivity index (χ1) is 18.6. The summed E-state index contributed by atoms with van der Waals surface area (Å²) >= 11 is 0. The minimum atomic E-state index is -0.420. The first kappa shape index (κ1) is 27.7. The summed E-state index contributed by atoms with van der Waals surface area (Å²) < 4.78 is 34.1. The van der Waals surface area contributed by atoms with Crippen LogP contribution in [0, 0.1) is 0 Å². The van der Waals surface area contributed by atoms with E-state index < -0.39 is 6.10 Å². The summed E-state index contributed by atoms with van der Waals surface area (Å²) in [5, 5.41) is 22.9. The van der Waals surface area contributed by atoms with Crippen molar-refractivity contribution in [3.8, 4) is 34.5 Å². The average molecular weight is 541 g/mol. The van der Waals surface area contributed by atoms with Gasteiger partial charge in [0.1, 0.15) is 22.6 Å². The molecule has 0 bridgehead atoms. The number of phenolic OH excluding ortho intramolecular Hbond substituents is 2. The molecule has 0 aliphatic rings. The van der Waals surface area contributed by atoms with E-state index in [4.69, 9.17) is 27.8 Å². The largest absolute Gasteiger partial charge is 0.504 e. The number of hydrogen-bond acceptors (Lipinski definition) is 10. The van der Waals surface area contributed by atoms with Crippen LogP contribution in [0.1, 0.15) is 67.7 Å². The molecule has 0 fully saturated rings. The molecule has 0 saturated carbocycles. The lowest BCUT2D eigenvalue weighted by atomic mass is 10.0. The monoisotopic (exact) mass is 540 g/mol. The maximum absolute atomic E-state index is 12.3. The van der Waals surface area contributed by atoms with Crippen molar-refractivity contribution >= 4 is 33.5 Å². The molecule has 2 heterocycles. The molecule has 10 heteroatoms. The van der Waals surface area contributed by atoms with Gasteiger partial charge in [0.2, 0.25) is 11.5 Å². The summed E-state index contributed by atoms with van der Waals surface area (Å²) in [6, 6.07) is 3.29. The molecular weight excluding hydrogens is 508 g/mol. The SMILES string of the molecule is CCC(CCC(C)Oc1c(O)c(C(C)=O)c(OC)c2ccoc12)Oc1c(O)c(C(C)=O)c(OC)c2ccoc12. The number of carbonyl (C=O) groups is 2. The van der Waals surface area contributed by atoms with Crippen LogP contribution >= 0.6 is 0 Å². The molecule has 10 nitrogen and oxygen atoms in total. The third kappa shape index (κ3) is 4.94. The molecule has 0 saturated heterocycles. The lowest BCUT2D eigenvalue weighted by Crippen LogP contribution is -2.21. The number of fused-ring (bicyclic) bond motifs is 2. The number of Topliss-reactive ketones (excluding diaryl/α,β-unsaturated/α-hetero) is 2. The fourth-order valence-corrected chi connectivity index (χ4v) is 4.74. The highest BCUT2D eigenvalue weighted by molar-refractivity contribution is 6.09. The number of carbonyl (C=O) groups excluding carboxylic acids is 2. The summed E-state index contributed by atoms with van der Waals surface area (Å²) in [5.74, 6) is -0.881. The van der Waals surface area contributed by atoms with Crippen LogP contribution < -0.4 is 18.9 Å². The second-order valence-corrected chi connectivity index (χ2v) is 9.27. The molecule has 0 amide bonds. The molecule has 208 valence electrons. The van der Waals surface area contributed by atoms with E-state index in [0.717, 1.165) is 0 Å². The van der Waals surface area contributed by atoms with E-state index in [1.165, 1.54) is 40.6 Å². The van der Waals surface area contributed by atoms with Gasteiger partial charge in [-0.1, -0.05) is 6.92 Å². The number of benzene rings is 2. The summed E-state index contributed by atoms with van der Waals surface area (Å²) in [7, 11) is 2.83. The fourth-order valence-electron chi connectivity index (χ4n) is 4.74. The lowest BCUT2D eigenvalue weighted by molar-refractivity contribution is 0.0995. The molecule has 39 heavy (non-hydrogen) atoms. The molecule has 4 rings (SSSR count). The van der Waals surface area contributed by atoms with Crippen LogP contribution in [0.4, 0.5) is 0 Å². The van der Waals surface area contributed by atoms with Crippen LogP contribution in [0.25, 0.3) is 21.9 Å². The van der Waals surface area contributed by atoms with Crippen molar-refractivity contribution in [3.05, 3.63) is 35.8 Å². The lowest BCUT2D eigenvalue weighted by Gasteiger charge is -2.23. The van der Waals surface area contributed by atoms with Gasteiger partial charge >= 0.3 is 0 Å². The van der Waals surface area contributed by atoms with Gasteiger partial charge in [0.15, 0.2) is 34.2 Å². The van der Waals surface area contributed by atoms with Gasteiger partial charge in [0.05, 0.1) is 49.7 Å². The van der Waals surface area contributed by atoms with Crippen LogP contribution in [0.2, 0.25) is 0 Å². The number of hydrogen-bond donors (Lipinski definition) is 2. The van der Waals surface area contributed by atoms with Crippen molar-refractivity contribution in [3.63, 3.8) is 0 Å². The van der Waals surface area contributed by atoms with Crippen LogP contribution in [0.15, 0.2) is 33.5 Å². The Hall–Kier alpha value is -4.34. The van der Waals surface area contributed by atoms with Gasteiger partial charge in [-0.2, -0.15) is 0 Å². The Balaban J connectivity index is 1.57. The Morgan fingerprint density at radius 2 is 1.26 bits per heavy atom. The number of furan rings is 2. The maximum Gasteiger partial charge on any atom is 0.205 e. The van der Waals surface area contributed by atoms with Gasteiger partial charge in [-0.15, -0.1) is 0 Å². The van der Waals surface area contributed by atoms with Crippen LogP contribution in [0.5, 0.6) is 34.5 Å². The normalized spacial score (nSPS) is 12.9. The second-order valence-electron chi connectivity index (χ2n) is 9.27. The van der Waals surface area contributed by atoms with E-state index in [1.807, 2.05) is 13.8 Å². The van der Waals surface area contributed by atoms with Gasteiger partial charge in [-0.05, 0) is 52.2 Å². The Kier molecular flexibility index (Phi) is 7.94. The number of ketones is 2. The second kappa shape index (κ2) is 11.2. The summed E-state index contributed by atoms with van der Waals surface area (Å²) in [5.41, 5.74) is 0.579. The minimum absolute atomic E-state index is 0.0158. The summed E-state index contributed by atoms with van der Waals surface area (Å²) in [6.07, 6.45) is 3.64. The standard InChI is InChI=1S/C29H32O10/c1-7-17(39-29-23(33)21(16(4)31)25(35-6)19-11-13-37-27(19)29)9-8-14(2)38-28-22(32)20(15(3)30)24(34-5)18-10-12-36-26(18)28/h10-14,17,32-33H,7-9H2,1-6H3. The van der Waals surface area contributed by atoms with Crippen molar-refractivity contribution in [2.45, 2.75) is 59.2 Å². The van der Waals surface area contributed by atoms with Gasteiger partial charge in [-0.3, -0.25) is 9.59 Å². The maximum atomic E-state index is 12.3. The predicted octanol–water partition coefficient (Wildman–Crippen LogP) is 6.42. The van der Waals surface area contributed by atoms with E-state index in [2.05, 4.69) is 0 Å². The van der Waals surface area contributed by atoms with E-state index in [1.54, 1.807) is 12.1 Å². The Labute approximate surface area is 225 Å². The quantitative estimate of drug-likeness (QED) is 0.194. The Bertz CT molecular complexity index is 1530. The first-order valence-electron chi connectivity index (χ1n) is 12.6.